The molecular formula is C58H56Cl2N8O9. The lowest BCUT2D eigenvalue weighted by Gasteiger charge is -2.20. The Balaban J connectivity index is 0.802. The van der Waals surface area contributed by atoms with Gasteiger partial charge in [0.25, 0.3) is 5.91 Å². The largest absolute Gasteiger partial charge is 0.488 e. The molecule has 0 aliphatic carbocycles. The van der Waals surface area contributed by atoms with Crippen molar-refractivity contribution in [3.63, 3.8) is 0 Å². The van der Waals surface area contributed by atoms with E-state index in [1.165, 1.54) is 24.5 Å². The molecule has 9 rings (SSSR count). The fourth-order valence-corrected chi connectivity index (χ4v) is 10.4. The average Bonchev–Trinajstić information content (AvgIpc) is 4.12. The first-order valence-electron chi connectivity index (χ1n) is 25.0. The number of hydrogen-bond donors (Lipinski definition) is 5. The Labute approximate surface area is 454 Å². The second-order valence-corrected chi connectivity index (χ2v) is 19.6. The SMILES string of the molecule is CC(=O)Nc1ccc2c3c(cc(OCc4ccccc4)c2c1)N(C(=O)CCC(=O)Nc1cc(C(=O)NCC(=O)NCC(=O)N2CC(CCl)c4c2cc(OCc2ccccc2)c2cc(NC(C)=O)ccc42)n(C)c1)CC3CCl. The van der Waals surface area contributed by atoms with Crippen LogP contribution in [-0.4, -0.2) is 83.9 Å². The van der Waals surface area contributed by atoms with E-state index in [-0.39, 0.29) is 86.2 Å². The van der Waals surface area contributed by atoms with Crippen LogP contribution in [0, 0.1) is 0 Å². The standard InChI is InChI=1S/C58H56Cl2N8O9/c1-34(69)63-40-14-16-43-45(20-40)50(76-32-36-10-6-4-7-11-36)23-47-56(43)38(25-59)29-67(47)54(73)19-18-52(71)65-42-22-49(66(3)31-42)58(75)62-27-53(72)61-28-55(74)68-30-39(26-60)57-44-17-15-41(64-35(2)70)21-46(44)51(24-48(57)68)77-33-37-12-8-5-9-13-37/h4-17,20-24,31,38-39H,18-19,25-30,32-33H2,1-3H3,(H,61,72)(H,62,75)(H,63,69)(H,64,70)(H,65,71). The van der Waals surface area contributed by atoms with E-state index in [1.54, 1.807) is 41.2 Å². The summed E-state index contributed by atoms with van der Waals surface area (Å²) in [6, 6.07) is 35.4. The van der Waals surface area contributed by atoms with Gasteiger partial charge >= 0.3 is 0 Å². The Morgan fingerprint density at radius 1 is 0.545 bits per heavy atom. The lowest BCUT2D eigenvalue weighted by molar-refractivity contribution is -0.124. The normalized spacial score (nSPS) is 14.4. The Hall–Kier alpha value is -8.41. The number of carbonyl (C=O) groups is 7. The van der Waals surface area contributed by atoms with Crippen LogP contribution in [0.3, 0.4) is 0 Å². The number of aryl methyl sites for hydroxylation is 1. The van der Waals surface area contributed by atoms with Gasteiger partial charge < -0.3 is 50.4 Å². The number of benzene rings is 6. The minimum atomic E-state index is -0.610. The lowest BCUT2D eigenvalue weighted by atomic mass is 9.95. The maximum Gasteiger partial charge on any atom is 0.268 e. The van der Waals surface area contributed by atoms with Gasteiger partial charge in [0.2, 0.25) is 35.4 Å². The van der Waals surface area contributed by atoms with Crippen LogP contribution in [-0.2, 0) is 49.0 Å². The van der Waals surface area contributed by atoms with E-state index in [0.29, 0.717) is 46.5 Å². The van der Waals surface area contributed by atoms with Crippen LogP contribution in [0.5, 0.6) is 11.5 Å². The van der Waals surface area contributed by atoms with Crippen LogP contribution < -0.4 is 45.9 Å². The molecule has 3 heterocycles. The van der Waals surface area contributed by atoms with E-state index in [9.17, 15) is 33.6 Å². The second-order valence-electron chi connectivity index (χ2n) is 19.0. The highest BCUT2D eigenvalue weighted by Gasteiger charge is 2.37. The summed E-state index contributed by atoms with van der Waals surface area (Å²) < 4.78 is 14.2. The molecule has 19 heteroatoms. The predicted octanol–water partition coefficient (Wildman–Crippen LogP) is 8.71. The minimum absolute atomic E-state index is 0.127. The summed E-state index contributed by atoms with van der Waals surface area (Å²) in [4.78, 5) is 94.7. The molecule has 5 N–H and O–H groups in total. The number of fused-ring (bicyclic) bond motifs is 6. The first kappa shape index (κ1) is 53.4. The van der Waals surface area contributed by atoms with Gasteiger partial charge in [0.1, 0.15) is 30.4 Å². The Morgan fingerprint density at radius 3 is 1.55 bits per heavy atom. The molecule has 396 valence electrons. The van der Waals surface area contributed by atoms with Crippen molar-refractivity contribution in [1.82, 2.24) is 15.2 Å². The third-order valence-corrected chi connectivity index (χ3v) is 14.2. The number of hydrogen-bond acceptors (Lipinski definition) is 9. The van der Waals surface area contributed by atoms with Crippen molar-refractivity contribution < 1.29 is 43.0 Å². The van der Waals surface area contributed by atoms with Gasteiger partial charge in [-0.3, -0.25) is 33.6 Å². The third-order valence-electron chi connectivity index (χ3n) is 13.5. The molecule has 77 heavy (non-hydrogen) atoms. The quantitative estimate of drug-likeness (QED) is 0.0490. The van der Waals surface area contributed by atoms with Crippen LogP contribution >= 0.6 is 23.2 Å². The van der Waals surface area contributed by atoms with Gasteiger partial charge in [0.05, 0.1) is 30.2 Å². The number of nitrogens with one attached hydrogen (secondary N) is 5. The molecule has 0 saturated carbocycles. The van der Waals surface area contributed by atoms with Crippen molar-refractivity contribution in [3.8, 4) is 11.5 Å². The first-order valence-corrected chi connectivity index (χ1v) is 26.1. The summed E-state index contributed by atoms with van der Waals surface area (Å²) >= 11 is 13.0. The van der Waals surface area contributed by atoms with Crippen LogP contribution in [0.4, 0.5) is 28.4 Å². The molecule has 0 saturated heterocycles. The zero-order valence-corrected chi connectivity index (χ0v) is 44.1. The van der Waals surface area contributed by atoms with Gasteiger partial charge in [-0.25, -0.2) is 0 Å². The molecule has 2 aliphatic heterocycles. The van der Waals surface area contributed by atoms with Gasteiger partial charge in [0, 0.05) is 111 Å². The molecule has 7 amide bonds. The molecule has 7 aromatic rings. The summed E-state index contributed by atoms with van der Waals surface area (Å²) in [5.74, 6) is -1.79. The van der Waals surface area contributed by atoms with Gasteiger partial charge in [-0.2, -0.15) is 0 Å². The molecule has 1 aromatic heterocycles. The second kappa shape index (κ2) is 23.6. The monoisotopic (exact) mass is 1080 g/mol. The zero-order chi connectivity index (χ0) is 54.3. The molecule has 0 spiro atoms. The fraction of sp³-hybridized carbons (Fsp3) is 0.259. The summed E-state index contributed by atoms with van der Waals surface area (Å²) in [6.45, 7) is 3.12. The van der Waals surface area contributed by atoms with Gasteiger partial charge in [0.15, 0.2) is 0 Å². The van der Waals surface area contributed by atoms with Crippen molar-refractivity contribution in [2.75, 3.05) is 63.7 Å². The van der Waals surface area contributed by atoms with Crippen molar-refractivity contribution in [1.29, 1.82) is 0 Å². The lowest BCUT2D eigenvalue weighted by Crippen LogP contribution is -2.43. The molecule has 2 aliphatic rings. The van der Waals surface area contributed by atoms with Crippen LogP contribution in [0.25, 0.3) is 21.5 Å². The zero-order valence-electron chi connectivity index (χ0n) is 42.5. The number of amides is 7. The smallest absolute Gasteiger partial charge is 0.268 e. The van der Waals surface area contributed by atoms with E-state index >= 15 is 0 Å². The van der Waals surface area contributed by atoms with Crippen molar-refractivity contribution >= 4 is 115 Å². The molecule has 2 unspecified atom stereocenters. The highest BCUT2D eigenvalue weighted by Crippen LogP contribution is 2.48. The van der Waals surface area contributed by atoms with Crippen molar-refractivity contribution in [3.05, 3.63) is 149 Å². The number of halogens is 2. The number of ether oxygens (including phenoxy) is 2. The summed E-state index contributed by atoms with van der Waals surface area (Å²) in [5.41, 5.74) is 6.46. The maximum atomic E-state index is 14.0. The van der Waals surface area contributed by atoms with E-state index in [0.717, 1.165) is 43.8 Å². The molecule has 17 nitrogen and oxygen atoms in total. The van der Waals surface area contributed by atoms with Gasteiger partial charge in [-0.1, -0.05) is 72.8 Å². The first-order chi connectivity index (χ1) is 37.2. The molecule has 0 radical (unpaired) electrons. The third kappa shape index (κ3) is 12.2. The topological polar surface area (TPSA) is 210 Å². The van der Waals surface area contributed by atoms with Crippen LogP contribution in [0.15, 0.2) is 121 Å². The maximum absolute atomic E-state index is 14.0. The van der Waals surface area contributed by atoms with Crippen LogP contribution in [0.1, 0.15) is 71.3 Å². The molecule has 2 atom stereocenters. The molecule has 0 fully saturated rings. The Bertz CT molecular complexity index is 3440. The number of aromatic nitrogens is 1. The molecule has 0 bridgehead atoms. The Kier molecular flexibility index (Phi) is 16.4. The number of alkyl halides is 2. The fourth-order valence-electron chi connectivity index (χ4n) is 9.94. The van der Waals surface area contributed by atoms with Crippen molar-refractivity contribution in [2.45, 2.75) is 51.7 Å². The number of carbonyl (C=O) groups excluding carboxylic acids is 7. The number of anilines is 5. The summed E-state index contributed by atoms with van der Waals surface area (Å²) in [7, 11) is 1.61. The average molecular weight is 1080 g/mol. The molecular weight excluding hydrogens is 1020 g/mol. The Morgan fingerprint density at radius 2 is 1.05 bits per heavy atom. The van der Waals surface area contributed by atoms with Crippen molar-refractivity contribution in [2.24, 2.45) is 7.05 Å². The van der Waals surface area contributed by atoms with E-state index in [4.69, 9.17) is 32.7 Å². The van der Waals surface area contributed by atoms with E-state index in [1.807, 2.05) is 91.0 Å². The van der Waals surface area contributed by atoms with Crippen LogP contribution in [0.2, 0.25) is 0 Å². The van der Waals surface area contributed by atoms with E-state index < -0.39 is 30.2 Å². The van der Waals surface area contributed by atoms with Gasteiger partial charge in [-0.05, 0) is 63.4 Å². The number of rotatable bonds is 19. The highest BCUT2D eigenvalue weighted by molar-refractivity contribution is 6.20. The summed E-state index contributed by atoms with van der Waals surface area (Å²) in [5, 5.41) is 16.8. The van der Waals surface area contributed by atoms with Gasteiger partial charge in [-0.15, -0.1) is 23.2 Å². The molecule has 6 aromatic carbocycles. The van der Waals surface area contributed by atoms with E-state index in [2.05, 4.69) is 26.6 Å². The highest BCUT2D eigenvalue weighted by atomic mass is 35.5. The summed E-state index contributed by atoms with van der Waals surface area (Å²) in [6.07, 6.45) is 1.25. The minimum Gasteiger partial charge on any atom is -0.488 e. The number of nitrogens with zero attached hydrogens (tertiary/aromatic N) is 3. The predicted molar refractivity (Wildman–Crippen MR) is 298 cm³/mol.